The predicted molar refractivity (Wildman–Crippen MR) is 88.8 cm³/mol. The van der Waals surface area contributed by atoms with Gasteiger partial charge in [-0.2, -0.15) is 0 Å². The number of benzene rings is 1. The molecule has 0 bridgehead atoms. The van der Waals surface area contributed by atoms with E-state index in [1.165, 1.54) is 7.11 Å². The van der Waals surface area contributed by atoms with Gasteiger partial charge in [-0.1, -0.05) is 11.6 Å². The van der Waals surface area contributed by atoms with Gasteiger partial charge >= 0.3 is 11.9 Å². The molecule has 0 fully saturated rings. The topological polar surface area (TPSA) is 91.8 Å². The molecule has 128 valence electrons. The number of hydrogen-bond acceptors (Lipinski definition) is 6. The van der Waals surface area contributed by atoms with E-state index in [0.717, 1.165) is 0 Å². The Kier molecular flexibility index (Phi) is 6.00. The SMILES string of the molecule is CCOC(=O)C(N)Cc1ccc(-c2ccc(Cl)c(C(=O)OC)c2)o1. The van der Waals surface area contributed by atoms with Gasteiger partial charge in [-0.05, 0) is 37.3 Å². The summed E-state index contributed by atoms with van der Waals surface area (Å²) in [6.07, 6.45) is 0.219. The molecule has 1 atom stereocenters. The van der Waals surface area contributed by atoms with Crippen molar-refractivity contribution in [3.63, 3.8) is 0 Å². The summed E-state index contributed by atoms with van der Waals surface area (Å²) in [5.74, 6) is 0.0656. The Bertz CT molecular complexity index is 740. The van der Waals surface area contributed by atoms with E-state index in [1.807, 2.05) is 0 Å². The summed E-state index contributed by atoms with van der Waals surface area (Å²) < 4.78 is 15.3. The van der Waals surface area contributed by atoms with Crippen LogP contribution >= 0.6 is 11.6 Å². The lowest BCUT2D eigenvalue weighted by molar-refractivity contribution is -0.144. The summed E-state index contributed by atoms with van der Waals surface area (Å²) >= 11 is 6.00. The van der Waals surface area contributed by atoms with Crippen molar-refractivity contribution in [2.24, 2.45) is 5.73 Å². The minimum Gasteiger partial charge on any atom is -0.465 e. The van der Waals surface area contributed by atoms with E-state index in [0.29, 0.717) is 22.1 Å². The van der Waals surface area contributed by atoms with Gasteiger partial charge in [0.25, 0.3) is 0 Å². The van der Waals surface area contributed by atoms with Gasteiger partial charge in [0.05, 0.1) is 24.3 Å². The van der Waals surface area contributed by atoms with Crippen LogP contribution in [0.25, 0.3) is 11.3 Å². The third-order valence-corrected chi connectivity index (χ3v) is 3.66. The first-order valence-electron chi connectivity index (χ1n) is 7.35. The molecule has 1 unspecified atom stereocenters. The predicted octanol–water partition coefficient (Wildman–Crippen LogP) is 2.82. The minimum atomic E-state index is -0.792. The maximum Gasteiger partial charge on any atom is 0.339 e. The first-order valence-corrected chi connectivity index (χ1v) is 7.73. The molecule has 1 aromatic heterocycles. The molecule has 0 saturated heterocycles. The van der Waals surface area contributed by atoms with Gasteiger partial charge < -0.3 is 19.6 Å². The van der Waals surface area contributed by atoms with Crippen molar-refractivity contribution in [2.45, 2.75) is 19.4 Å². The zero-order chi connectivity index (χ0) is 17.7. The molecule has 0 radical (unpaired) electrons. The second-order valence-corrected chi connectivity index (χ2v) is 5.42. The Balaban J connectivity index is 2.19. The monoisotopic (exact) mass is 351 g/mol. The zero-order valence-corrected chi connectivity index (χ0v) is 14.1. The summed E-state index contributed by atoms with van der Waals surface area (Å²) in [6.45, 7) is 1.99. The summed E-state index contributed by atoms with van der Waals surface area (Å²) in [4.78, 5) is 23.3. The van der Waals surface area contributed by atoms with Gasteiger partial charge in [0, 0.05) is 12.0 Å². The number of carbonyl (C=O) groups is 2. The van der Waals surface area contributed by atoms with Gasteiger partial charge in [-0.15, -0.1) is 0 Å². The number of furan rings is 1. The van der Waals surface area contributed by atoms with Crippen molar-refractivity contribution in [3.05, 3.63) is 46.7 Å². The Morgan fingerprint density at radius 3 is 2.71 bits per heavy atom. The molecule has 0 aliphatic rings. The highest BCUT2D eigenvalue weighted by Gasteiger charge is 2.18. The van der Waals surface area contributed by atoms with Crippen LogP contribution in [0.2, 0.25) is 5.02 Å². The lowest BCUT2D eigenvalue weighted by Gasteiger charge is -2.08. The molecule has 0 spiro atoms. The van der Waals surface area contributed by atoms with E-state index in [2.05, 4.69) is 0 Å². The molecule has 0 amide bonds. The Labute approximate surface area is 144 Å². The van der Waals surface area contributed by atoms with Crippen molar-refractivity contribution in [2.75, 3.05) is 13.7 Å². The lowest BCUT2D eigenvalue weighted by atomic mass is 10.1. The molecular formula is C17H18ClNO5. The van der Waals surface area contributed by atoms with Gasteiger partial charge in [-0.25, -0.2) is 4.79 Å². The Morgan fingerprint density at radius 1 is 1.29 bits per heavy atom. The third kappa shape index (κ3) is 4.15. The summed E-state index contributed by atoms with van der Waals surface area (Å²) in [5, 5.41) is 0.293. The van der Waals surface area contributed by atoms with Gasteiger partial charge in [0.1, 0.15) is 17.6 Å². The van der Waals surface area contributed by atoms with Crippen molar-refractivity contribution in [1.29, 1.82) is 0 Å². The fourth-order valence-corrected chi connectivity index (χ4v) is 2.33. The van der Waals surface area contributed by atoms with E-state index >= 15 is 0 Å². The summed E-state index contributed by atoms with van der Waals surface area (Å²) in [5.41, 5.74) is 6.68. The van der Waals surface area contributed by atoms with Crippen molar-refractivity contribution in [1.82, 2.24) is 0 Å². The number of halogens is 1. The Hall–Kier alpha value is -2.31. The van der Waals surface area contributed by atoms with Crippen LogP contribution in [0.4, 0.5) is 0 Å². The third-order valence-electron chi connectivity index (χ3n) is 3.33. The van der Waals surface area contributed by atoms with Gasteiger partial charge in [-0.3, -0.25) is 4.79 Å². The number of ether oxygens (including phenoxy) is 2. The zero-order valence-electron chi connectivity index (χ0n) is 13.4. The van der Waals surface area contributed by atoms with Crippen LogP contribution in [0.15, 0.2) is 34.7 Å². The van der Waals surface area contributed by atoms with E-state index in [4.69, 9.17) is 31.2 Å². The normalized spacial score (nSPS) is 11.8. The fourth-order valence-electron chi connectivity index (χ4n) is 2.14. The highest BCUT2D eigenvalue weighted by atomic mass is 35.5. The smallest absolute Gasteiger partial charge is 0.339 e. The number of hydrogen-bond donors (Lipinski definition) is 1. The van der Waals surface area contributed by atoms with E-state index in [-0.39, 0.29) is 18.6 Å². The largest absolute Gasteiger partial charge is 0.465 e. The molecule has 1 heterocycles. The first-order chi connectivity index (χ1) is 11.5. The van der Waals surface area contributed by atoms with Crippen molar-refractivity contribution >= 4 is 23.5 Å². The summed E-state index contributed by atoms with van der Waals surface area (Å²) in [6, 6.07) is 7.57. The number of nitrogens with two attached hydrogens (primary N) is 1. The van der Waals surface area contributed by atoms with Crippen LogP contribution in [0.3, 0.4) is 0 Å². The summed E-state index contributed by atoms with van der Waals surface area (Å²) in [7, 11) is 1.28. The quantitative estimate of drug-likeness (QED) is 0.804. The van der Waals surface area contributed by atoms with Gasteiger partial charge in [0.2, 0.25) is 0 Å². The molecule has 2 aromatic rings. The van der Waals surface area contributed by atoms with E-state index in [9.17, 15) is 9.59 Å². The highest BCUT2D eigenvalue weighted by molar-refractivity contribution is 6.33. The standard InChI is InChI=1S/C17H18ClNO5/c1-3-23-17(21)14(19)9-11-5-7-15(24-11)10-4-6-13(18)12(8-10)16(20)22-2/h4-8,14H,3,9,19H2,1-2H3. The molecule has 0 aliphatic heterocycles. The van der Waals surface area contributed by atoms with Crippen LogP contribution in [-0.4, -0.2) is 31.7 Å². The highest BCUT2D eigenvalue weighted by Crippen LogP contribution is 2.27. The number of methoxy groups -OCH3 is 1. The average molecular weight is 352 g/mol. The van der Waals surface area contributed by atoms with E-state index in [1.54, 1.807) is 37.3 Å². The van der Waals surface area contributed by atoms with Gasteiger partial charge in [0.15, 0.2) is 0 Å². The van der Waals surface area contributed by atoms with Crippen LogP contribution in [0.5, 0.6) is 0 Å². The number of carbonyl (C=O) groups excluding carboxylic acids is 2. The lowest BCUT2D eigenvalue weighted by Crippen LogP contribution is -2.34. The minimum absolute atomic E-state index is 0.219. The maximum atomic E-state index is 11.7. The van der Waals surface area contributed by atoms with Crippen LogP contribution < -0.4 is 5.73 Å². The van der Waals surface area contributed by atoms with Crippen molar-refractivity contribution in [3.8, 4) is 11.3 Å². The number of esters is 2. The molecule has 0 aliphatic carbocycles. The van der Waals surface area contributed by atoms with Crippen LogP contribution in [-0.2, 0) is 20.7 Å². The van der Waals surface area contributed by atoms with Crippen molar-refractivity contribution < 1.29 is 23.5 Å². The molecule has 6 nitrogen and oxygen atoms in total. The second kappa shape index (κ2) is 7.99. The maximum absolute atomic E-state index is 11.7. The molecule has 2 N–H and O–H groups in total. The van der Waals surface area contributed by atoms with Crippen LogP contribution in [0.1, 0.15) is 23.0 Å². The molecule has 0 saturated carbocycles. The average Bonchev–Trinajstić information content (AvgIpc) is 3.03. The number of rotatable bonds is 6. The Morgan fingerprint density at radius 2 is 2.04 bits per heavy atom. The second-order valence-electron chi connectivity index (χ2n) is 5.01. The molecule has 2 rings (SSSR count). The molecule has 24 heavy (non-hydrogen) atoms. The molecule has 1 aromatic carbocycles. The first kappa shape index (κ1) is 18.0. The fraction of sp³-hybridized carbons (Fsp3) is 0.294. The molecular weight excluding hydrogens is 334 g/mol. The van der Waals surface area contributed by atoms with Crippen LogP contribution in [0, 0.1) is 0 Å². The van der Waals surface area contributed by atoms with E-state index < -0.39 is 18.0 Å². The molecule has 7 heteroatoms.